The molecule has 7 nitrogen and oxygen atoms in total. The van der Waals surface area contributed by atoms with Gasteiger partial charge in [-0.1, -0.05) is 0 Å². The van der Waals surface area contributed by atoms with E-state index in [0.29, 0.717) is 25.6 Å². The molecule has 1 aromatic rings. The molecule has 23 heavy (non-hydrogen) atoms. The fourth-order valence-corrected chi connectivity index (χ4v) is 3.55. The summed E-state index contributed by atoms with van der Waals surface area (Å²) in [7, 11) is -3.07. The number of sulfonamides is 1. The SMILES string of the molecule is CCNC(=NCC1CCN(S(C)(=O)=O)C1)NCCn1cccc1. The maximum absolute atomic E-state index is 11.5. The van der Waals surface area contributed by atoms with Crippen molar-refractivity contribution in [1.29, 1.82) is 0 Å². The number of nitrogens with one attached hydrogen (secondary N) is 2. The van der Waals surface area contributed by atoms with Crippen LogP contribution in [0.1, 0.15) is 13.3 Å². The van der Waals surface area contributed by atoms with E-state index in [4.69, 9.17) is 0 Å². The first-order chi connectivity index (χ1) is 11.0. The van der Waals surface area contributed by atoms with Crippen molar-refractivity contribution in [2.75, 3.05) is 39.0 Å². The summed E-state index contributed by atoms with van der Waals surface area (Å²) in [5.41, 5.74) is 0. The van der Waals surface area contributed by atoms with Crippen molar-refractivity contribution in [3.05, 3.63) is 24.5 Å². The Hall–Kier alpha value is -1.54. The molecule has 1 fully saturated rings. The molecule has 0 aromatic carbocycles. The number of guanidine groups is 1. The summed E-state index contributed by atoms with van der Waals surface area (Å²) in [4.78, 5) is 4.59. The zero-order valence-electron chi connectivity index (χ0n) is 13.9. The summed E-state index contributed by atoms with van der Waals surface area (Å²) >= 11 is 0. The lowest BCUT2D eigenvalue weighted by Gasteiger charge is -2.14. The quantitative estimate of drug-likeness (QED) is 0.553. The van der Waals surface area contributed by atoms with Crippen LogP contribution in [0.15, 0.2) is 29.5 Å². The summed E-state index contributed by atoms with van der Waals surface area (Å²) in [6.45, 7) is 6.33. The third-order valence-electron chi connectivity index (χ3n) is 3.90. The van der Waals surface area contributed by atoms with E-state index in [1.165, 1.54) is 6.26 Å². The van der Waals surface area contributed by atoms with E-state index in [1.807, 2.05) is 31.5 Å². The molecule has 0 aliphatic carbocycles. The van der Waals surface area contributed by atoms with Crippen LogP contribution in [0.3, 0.4) is 0 Å². The van der Waals surface area contributed by atoms with Gasteiger partial charge in [0.25, 0.3) is 0 Å². The predicted molar refractivity (Wildman–Crippen MR) is 92.9 cm³/mol. The molecule has 8 heteroatoms. The normalized spacial score (nSPS) is 19.9. The van der Waals surface area contributed by atoms with Gasteiger partial charge in [-0.05, 0) is 31.4 Å². The van der Waals surface area contributed by atoms with Crippen molar-refractivity contribution >= 4 is 16.0 Å². The lowest BCUT2D eigenvalue weighted by molar-refractivity contribution is 0.464. The van der Waals surface area contributed by atoms with Crippen molar-refractivity contribution in [2.24, 2.45) is 10.9 Å². The standard InChI is InChI=1S/C15H27N5O2S/c1-3-16-15(17-7-11-19-8-4-5-9-19)18-12-14-6-10-20(13-14)23(2,21)22/h4-5,8-9,14H,3,6-7,10-13H2,1-2H3,(H2,16,17,18). The molecular weight excluding hydrogens is 314 g/mol. The van der Waals surface area contributed by atoms with Crippen molar-refractivity contribution in [3.8, 4) is 0 Å². The number of hydrogen-bond donors (Lipinski definition) is 2. The van der Waals surface area contributed by atoms with Gasteiger partial charge < -0.3 is 15.2 Å². The van der Waals surface area contributed by atoms with Crippen LogP contribution >= 0.6 is 0 Å². The van der Waals surface area contributed by atoms with Crippen molar-refractivity contribution in [3.63, 3.8) is 0 Å². The Labute approximate surface area is 138 Å². The van der Waals surface area contributed by atoms with Gasteiger partial charge in [-0.25, -0.2) is 12.7 Å². The van der Waals surface area contributed by atoms with Gasteiger partial charge in [-0.3, -0.25) is 4.99 Å². The van der Waals surface area contributed by atoms with Gasteiger partial charge in [-0.2, -0.15) is 0 Å². The number of aliphatic imine (C=N–C) groups is 1. The Balaban J connectivity index is 1.79. The van der Waals surface area contributed by atoms with E-state index < -0.39 is 10.0 Å². The first kappa shape index (κ1) is 17.8. The molecule has 1 saturated heterocycles. The third-order valence-corrected chi connectivity index (χ3v) is 5.17. The predicted octanol–water partition coefficient (Wildman–Crippen LogP) is 0.325. The lowest BCUT2D eigenvalue weighted by Crippen LogP contribution is -2.39. The highest BCUT2D eigenvalue weighted by atomic mass is 32.2. The van der Waals surface area contributed by atoms with Gasteiger partial charge in [0.15, 0.2) is 5.96 Å². The second-order valence-corrected chi connectivity index (χ2v) is 7.83. The molecule has 1 aliphatic heterocycles. The minimum Gasteiger partial charge on any atom is -0.357 e. The largest absolute Gasteiger partial charge is 0.357 e. The Bertz CT molecular complexity index is 597. The van der Waals surface area contributed by atoms with Crippen LogP contribution in [0.2, 0.25) is 0 Å². The van der Waals surface area contributed by atoms with Crippen LogP contribution in [0, 0.1) is 5.92 Å². The molecule has 2 heterocycles. The average Bonchev–Trinajstić information content (AvgIpc) is 3.15. The van der Waals surface area contributed by atoms with Crippen LogP contribution in [-0.2, 0) is 16.6 Å². The molecule has 2 rings (SSSR count). The first-order valence-electron chi connectivity index (χ1n) is 8.07. The summed E-state index contributed by atoms with van der Waals surface area (Å²) in [6, 6.07) is 4.01. The zero-order valence-corrected chi connectivity index (χ0v) is 14.7. The molecule has 130 valence electrons. The van der Waals surface area contributed by atoms with Crippen LogP contribution in [0.25, 0.3) is 0 Å². The fraction of sp³-hybridized carbons (Fsp3) is 0.667. The third kappa shape index (κ3) is 5.87. The molecule has 0 spiro atoms. The summed E-state index contributed by atoms with van der Waals surface area (Å²) in [5.74, 6) is 1.09. The maximum atomic E-state index is 11.5. The molecule has 1 unspecified atom stereocenters. The molecule has 0 saturated carbocycles. The Morgan fingerprint density at radius 2 is 2.04 bits per heavy atom. The molecule has 0 radical (unpaired) electrons. The molecule has 2 N–H and O–H groups in total. The molecular formula is C15H27N5O2S. The van der Waals surface area contributed by atoms with Crippen LogP contribution in [-0.4, -0.2) is 62.2 Å². The van der Waals surface area contributed by atoms with Gasteiger partial charge >= 0.3 is 0 Å². The van der Waals surface area contributed by atoms with E-state index in [0.717, 1.165) is 32.0 Å². The van der Waals surface area contributed by atoms with Crippen LogP contribution in [0.4, 0.5) is 0 Å². The molecule has 1 atom stereocenters. The summed E-state index contributed by atoms with van der Waals surface area (Å²) in [5, 5.41) is 6.54. The summed E-state index contributed by atoms with van der Waals surface area (Å²) in [6.07, 6.45) is 6.21. The van der Waals surface area contributed by atoms with Gasteiger partial charge in [-0.15, -0.1) is 0 Å². The summed E-state index contributed by atoms with van der Waals surface area (Å²) < 4.78 is 26.7. The second kappa shape index (κ2) is 8.35. The van der Waals surface area contributed by atoms with Gasteiger partial charge in [0.1, 0.15) is 0 Å². The topological polar surface area (TPSA) is 78.7 Å². The van der Waals surface area contributed by atoms with Gasteiger partial charge in [0, 0.05) is 51.7 Å². The minimum absolute atomic E-state index is 0.296. The first-order valence-corrected chi connectivity index (χ1v) is 9.92. The monoisotopic (exact) mass is 341 g/mol. The Morgan fingerprint density at radius 1 is 1.30 bits per heavy atom. The number of nitrogens with zero attached hydrogens (tertiary/aromatic N) is 3. The second-order valence-electron chi connectivity index (χ2n) is 5.84. The van der Waals surface area contributed by atoms with E-state index in [2.05, 4.69) is 20.2 Å². The zero-order chi connectivity index (χ0) is 16.7. The van der Waals surface area contributed by atoms with E-state index in [1.54, 1.807) is 4.31 Å². The molecule has 0 bridgehead atoms. The highest BCUT2D eigenvalue weighted by Gasteiger charge is 2.28. The van der Waals surface area contributed by atoms with Crippen molar-refractivity contribution < 1.29 is 8.42 Å². The van der Waals surface area contributed by atoms with Gasteiger partial charge in [0.05, 0.1) is 6.26 Å². The van der Waals surface area contributed by atoms with Crippen molar-refractivity contribution in [2.45, 2.75) is 19.9 Å². The van der Waals surface area contributed by atoms with Crippen LogP contribution < -0.4 is 10.6 Å². The van der Waals surface area contributed by atoms with Crippen molar-refractivity contribution in [1.82, 2.24) is 19.5 Å². The highest BCUT2D eigenvalue weighted by molar-refractivity contribution is 7.88. The Morgan fingerprint density at radius 3 is 2.65 bits per heavy atom. The number of rotatable bonds is 7. The van der Waals surface area contributed by atoms with Gasteiger partial charge in [0.2, 0.25) is 10.0 Å². The minimum atomic E-state index is -3.07. The molecule has 1 aromatic heterocycles. The van der Waals surface area contributed by atoms with E-state index in [-0.39, 0.29) is 0 Å². The van der Waals surface area contributed by atoms with Crippen LogP contribution in [0.5, 0.6) is 0 Å². The lowest BCUT2D eigenvalue weighted by atomic mass is 10.1. The number of aromatic nitrogens is 1. The fourth-order valence-electron chi connectivity index (χ4n) is 2.63. The molecule has 1 aliphatic rings. The van der Waals surface area contributed by atoms with E-state index in [9.17, 15) is 8.42 Å². The number of hydrogen-bond acceptors (Lipinski definition) is 3. The highest BCUT2D eigenvalue weighted by Crippen LogP contribution is 2.18. The maximum Gasteiger partial charge on any atom is 0.211 e. The molecule has 0 amide bonds. The van der Waals surface area contributed by atoms with E-state index >= 15 is 0 Å². The smallest absolute Gasteiger partial charge is 0.211 e. The average molecular weight is 341 g/mol. The Kier molecular flexibility index (Phi) is 6.47.